The van der Waals surface area contributed by atoms with Crippen molar-refractivity contribution in [1.82, 2.24) is 15.8 Å². The van der Waals surface area contributed by atoms with Crippen molar-refractivity contribution in [2.75, 3.05) is 13.6 Å². The van der Waals surface area contributed by atoms with Crippen LogP contribution >= 0.6 is 24.0 Å². The summed E-state index contributed by atoms with van der Waals surface area (Å²) in [7, 11) is 1.77. The van der Waals surface area contributed by atoms with Gasteiger partial charge in [0.15, 0.2) is 5.96 Å². The normalized spacial score (nSPS) is 15.4. The van der Waals surface area contributed by atoms with E-state index in [1.165, 1.54) is 12.8 Å². The molecule has 0 amide bonds. The van der Waals surface area contributed by atoms with E-state index in [1.54, 1.807) is 13.3 Å². The average molecular weight is 336 g/mol. The molecular weight excluding hydrogens is 319 g/mol. The van der Waals surface area contributed by atoms with Crippen LogP contribution in [0.4, 0.5) is 0 Å². The standard InChI is InChI=1S/C10H16N4O.HI/c1-11-10(12-6-8-2-3-8)13-7-9-4-5-15-14-9;/h4-5,8H,2-3,6-7H2,1H3,(H2,11,12,13);1H. The zero-order chi connectivity index (χ0) is 10.5. The first-order valence-electron chi connectivity index (χ1n) is 5.22. The highest BCUT2D eigenvalue weighted by atomic mass is 127. The first-order chi connectivity index (χ1) is 7.38. The van der Waals surface area contributed by atoms with Crippen molar-refractivity contribution >= 4 is 29.9 Å². The van der Waals surface area contributed by atoms with Gasteiger partial charge in [0.2, 0.25) is 0 Å². The molecule has 1 heterocycles. The van der Waals surface area contributed by atoms with E-state index in [0.29, 0.717) is 6.54 Å². The molecule has 2 rings (SSSR count). The minimum Gasteiger partial charge on any atom is -0.364 e. The van der Waals surface area contributed by atoms with E-state index >= 15 is 0 Å². The number of hydrogen-bond acceptors (Lipinski definition) is 3. The van der Waals surface area contributed by atoms with Crippen molar-refractivity contribution in [2.45, 2.75) is 19.4 Å². The quantitative estimate of drug-likeness (QED) is 0.495. The van der Waals surface area contributed by atoms with Gasteiger partial charge in [-0.25, -0.2) is 0 Å². The zero-order valence-corrected chi connectivity index (χ0v) is 11.6. The molecule has 0 aromatic carbocycles. The predicted molar refractivity (Wildman–Crippen MR) is 72.8 cm³/mol. The Balaban J connectivity index is 0.00000128. The Morgan fingerprint density at radius 3 is 2.94 bits per heavy atom. The summed E-state index contributed by atoms with van der Waals surface area (Å²) in [6.45, 7) is 1.65. The van der Waals surface area contributed by atoms with E-state index < -0.39 is 0 Å². The summed E-state index contributed by atoms with van der Waals surface area (Å²) in [5.74, 6) is 1.67. The van der Waals surface area contributed by atoms with Gasteiger partial charge in [0.1, 0.15) is 12.0 Å². The molecule has 0 atom stereocenters. The summed E-state index contributed by atoms with van der Waals surface area (Å²) >= 11 is 0. The minimum atomic E-state index is 0. The molecular formula is C10H17IN4O. The molecule has 1 aromatic heterocycles. The number of hydrogen-bond donors (Lipinski definition) is 2. The Hall–Kier alpha value is -0.790. The Labute approximate surface area is 112 Å². The van der Waals surface area contributed by atoms with E-state index in [9.17, 15) is 0 Å². The van der Waals surface area contributed by atoms with E-state index in [2.05, 4.69) is 20.8 Å². The van der Waals surface area contributed by atoms with Crippen molar-refractivity contribution in [3.8, 4) is 0 Å². The number of nitrogens with zero attached hydrogens (tertiary/aromatic N) is 2. The van der Waals surface area contributed by atoms with Crippen LogP contribution in [0.25, 0.3) is 0 Å². The molecule has 0 unspecified atom stereocenters. The molecule has 16 heavy (non-hydrogen) atoms. The number of halogens is 1. The third-order valence-corrected chi connectivity index (χ3v) is 2.41. The van der Waals surface area contributed by atoms with Gasteiger partial charge < -0.3 is 15.2 Å². The molecule has 1 aromatic rings. The summed E-state index contributed by atoms with van der Waals surface area (Å²) in [4.78, 5) is 4.12. The van der Waals surface area contributed by atoms with Gasteiger partial charge in [0.25, 0.3) is 0 Å². The van der Waals surface area contributed by atoms with Crippen molar-refractivity contribution in [3.05, 3.63) is 18.0 Å². The van der Waals surface area contributed by atoms with Gasteiger partial charge >= 0.3 is 0 Å². The van der Waals surface area contributed by atoms with E-state index in [4.69, 9.17) is 4.52 Å². The number of nitrogens with one attached hydrogen (secondary N) is 2. The highest BCUT2D eigenvalue weighted by Gasteiger charge is 2.20. The minimum absolute atomic E-state index is 0. The molecule has 6 heteroatoms. The number of guanidine groups is 1. The highest BCUT2D eigenvalue weighted by Crippen LogP contribution is 2.27. The lowest BCUT2D eigenvalue weighted by Crippen LogP contribution is -2.37. The Kier molecular flexibility index (Phi) is 5.58. The van der Waals surface area contributed by atoms with Crippen LogP contribution in [0.3, 0.4) is 0 Å². The highest BCUT2D eigenvalue weighted by molar-refractivity contribution is 14.0. The molecule has 1 aliphatic rings. The fraction of sp³-hybridized carbons (Fsp3) is 0.600. The van der Waals surface area contributed by atoms with Crippen molar-refractivity contribution in [1.29, 1.82) is 0 Å². The van der Waals surface area contributed by atoms with E-state index in [-0.39, 0.29) is 24.0 Å². The predicted octanol–water partition coefficient (Wildman–Crippen LogP) is 1.37. The van der Waals surface area contributed by atoms with E-state index in [1.807, 2.05) is 6.07 Å². The molecule has 0 aliphatic heterocycles. The summed E-state index contributed by atoms with van der Waals surface area (Å²) in [5.41, 5.74) is 0.879. The van der Waals surface area contributed by atoms with Crippen molar-refractivity contribution < 1.29 is 4.52 Å². The Morgan fingerprint density at radius 2 is 2.38 bits per heavy atom. The van der Waals surface area contributed by atoms with Gasteiger partial charge in [-0.15, -0.1) is 24.0 Å². The maximum absolute atomic E-state index is 4.74. The molecule has 2 N–H and O–H groups in total. The van der Waals surface area contributed by atoms with Crippen LogP contribution in [-0.2, 0) is 6.54 Å². The first-order valence-corrected chi connectivity index (χ1v) is 5.22. The second-order valence-corrected chi connectivity index (χ2v) is 3.74. The Morgan fingerprint density at radius 1 is 1.56 bits per heavy atom. The first kappa shape index (κ1) is 13.3. The third-order valence-electron chi connectivity index (χ3n) is 2.41. The summed E-state index contributed by atoms with van der Waals surface area (Å²) in [5, 5.41) is 10.3. The number of aromatic nitrogens is 1. The topological polar surface area (TPSA) is 62.5 Å². The largest absolute Gasteiger partial charge is 0.364 e. The maximum atomic E-state index is 4.74. The number of rotatable bonds is 4. The average Bonchev–Trinajstić information content (AvgIpc) is 2.94. The van der Waals surface area contributed by atoms with Crippen LogP contribution in [-0.4, -0.2) is 24.7 Å². The van der Waals surface area contributed by atoms with E-state index in [0.717, 1.165) is 24.1 Å². The monoisotopic (exact) mass is 336 g/mol. The molecule has 90 valence electrons. The lowest BCUT2D eigenvalue weighted by atomic mass is 10.4. The summed E-state index contributed by atoms with van der Waals surface area (Å²) < 4.78 is 4.74. The van der Waals surface area contributed by atoms with Gasteiger partial charge in [-0.3, -0.25) is 4.99 Å². The maximum Gasteiger partial charge on any atom is 0.191 e. The molecule has 1 saturated carbocycles. The lowest BCUT2D eigenvalue weighted by molar-refractivity contribution is 0.410. The summed E-state index contributed by atoms with van der Waals surface area (Å²) in [6.07, 6.45) is 4.25. The molecule has 1 aliphatic carbocycles. The van der Waals surface area contributed by atoms with Crippen molar-refractivity contribution in [3.63, 3.8) is 0 Å². The fourth-order valence-corrected chi connectivity index (χ4v) is 1.29. The van der Waals surface area contributed by atoms with Gasteiger partial charge in [0.05, 0.1) is 6.54 Å². The van der Waals surface area contributed by atoms with Crippen molar-refractivity contribution in [2.24, 2.45) is 10.9 Å². The molecule has 0 bridgehead atoms. The summed E-state index contributed by atoms with van der Waals surface area (Å²) in [6, 6.07) is 1.83. The van der Waals surface area contributed by atoms with Gasteiger partial charge in [0, 0.05) is 19.7 Å². The smallest absolute Gasteiger partial charge is 0.191 e. The lowest BCUT2D eigenvalue weighted by Gasteiger charge is -2.09. The molecule has 5 nitrogen and oxygen atoms in total. The van der Waals surface area contributed by atoms with Crippen LogP contribution in [0.1, 0.15) is 18.5 Å². The number of aliphatic imine (C=N–C) groups is 1. The SMILES string of the molecule is CN=C(NCc1ccon1)NCC1CC1.I. The van der Waals surface area contributed by atoms with Crippen LogP contribution in [0.15, 0.2) is 21.8 Å². The van der Waals surface area contributed by atoms with Crippen LogP contribution in [0, 0.1) is 5.92 Å². The van der Waals surface area contributed by atoms with Crippen LogP contribution in [0.2, 0.25) is 0 Å². The third kappa shape index (κ3) is 4.38. The molecule has 1 fully saturated rings. The molecule has 0 spiro atoms. The molecule has 0 radical (unpaired) electrons. The second kappa shape index (κ2) is 6.72. The van der Waals surface area contributed by atoms with Gasteiger partial charge in [-0.1, -0.05) is 5.16 Å². The molecule has 0 saturated heterocycles. The van der Waals surface area contributed by atoms with Gasteiger partial charge in [-0.2, -0.15) is 0 Å². The van der Waals surface area contributed by atoms with Gasteiger partial charge in [-0.05, 0) is 18.8 Å². The Bertz CT molecular complexity index is 322. The van der Waals surface area contributed by atoms with Crippen LogP contribution in [0.5, 0.6) is 0 Å². The van der Waals surface area contributed by atoms with Crippen LogP contribution < -0.4 is 10.6 Å². The second-order valence-electron chi connectivity index (χ2n) is 3.74. The fourth-order valence-electron chi connectivity index (χ4n) is 1.29. The zero-order valence-electron chi connectivity index (χ0n) is 9.27.